The quantitative estimate of drug-likeness (QED) is 0.885. The molecule has 1 aliphatic carbocycles. The zero-order valence-corrected chi connectivity index (χ0v) is 12.5. The Morgan fingerprint density at radius 1 is 1.60 bits per heavy atom. The summed E-state index contributed by atoms with van der Waals surface area (Å²) in [6, 6.07) is 3.98. The minimum absolute atomic E-state index is 0.0308. The predicted octanol–water partition coefficient (Wildman–Crippen LogP) is 2.17. The Balaban J connectivity index is 1.98. The molecule has 1 heterocycles. The molecule has 20 heavy (non-hydrogen) atoms. The third-order valence-electron chi connectivity index (χ3n) is 4.27. The molecule has 1 saturated carbocycles. The standard InChI is InChI=1S/C16H25N3O/c1-3-13-7-5-9-18-14(13)11-19-15(20)16(17)8-4-6-12(2)10-16/h5,7,9,12H,3-4,6,8,10-11,17H2,1-2H3,(H,19,20). The minimum Gasteiger partial charge on any atom is -0.349 e. The van der Waals surface area contributed by atoms with Crippen LogP contribution in [-0.4, -0.2) is 16.4 Å². The van der Waals surface area contributed by atoms with Crippen LogP contribution in [0.5, 0.6) is 0 Å². The largest absolute Gasteiger partial charge is 0.349 e. The van der Waals surface area contributed by atoms with Crippen molar-refractivity contribution in [3.63, 3.8) is 0 Å². The lowest BCUT2D eigenvalue weighted by Crippen LogP contribution is -2.56. The van der Waals surface area contributed by atoms with Crippen LogP contribution in [0.3, 0.4) is 0 Å². The summed E-state index contributed by atoms with van der Waals surface area (Å²) in [5.41, 5.74) is 7.72. The van der Waals surface area contributed by atoms with E-state index in [0.717, 1.165) is 31.4 Å². The number of hydrogen-bond acceptors (Lipinski definition) is 3. The summed E-state index contributed by atoms with van der Waals surface area (Å²) in [7, 11) is 0. The summed E-state index contributed by atoms with van der Waals surface area (Å²) in [5.74, 6) is 0.498. The summed E-state index contributed by atoms with van der Waals surface area (Å²) in [4.78, 5) is 16.7. The van der Waals surface area contributed by atoms with Crippen LogP contribution in [-0.2, 0) is 17.8 Å². The molecule has 1 aliphatic rings. The number of carbonyl (C=O) groups is 1. The highest BCUT2D eigenvalue weighted by Crippen LogP contribution is 2.30. The maximum Gasteiger partial charge on any atom is 0.240 e. The van der Waals surface area contributed by atoms with Crippen molar-refractivity contribution in [1.82, 2.24) is 10.3 Å². The Morgan fingerprint density at radius 3 is 3.10 bits per heavy atom. The maximum absolute atomic E-state index is 12.4. The maximum atomic E-state index is 12.4. The second kappa shape index (κ2) is 6.35. The number of amides is 1. The van der Waals surface area contributed by atoms with Crippen molar-refractivity contribution < 1.29 is 4.79 Å². The van der Waals surface area contributed by atoms with E-state index in [2.05, 4.69) is 30.2 Å². The number of hydrogen-bond donors (Lipinski definition) is 2. The SMILES string of the molecule is CCc1cccnc1CNC(=O)C1(N)CCCC(C)C1. The summed E-state index contributed by atoms with van der Waals surface area (Å²) >= 11 is 0. The van der Waals surface area contributed by atoms with E-state index in [9.17, 15) is 4.79 Å². The Labute approximate surface area is 121 Å². The van der Waals surface area contributed by atoms with Gasteiger partial charge in [0, 0.05) is 6.20 Å². The number of nitrogens with one attached hydrogen (secondary N) is 1. The first-order valence-electron chi connectivity index (χ1n) is 7.55. The molecular weight excluding hydrogens is 250 g/mol. The highest BCUT2D eigenvalue weighted by molar-refractivity contribution is 5.86. The van der Waals surface area contributed by atoms with E-state index in [1.807, 2.05) is 6.07 Å². The number of carbonyl (C=O) groups excluding carboxylic acids is 1. The van der Waals surface area contributed by atoms with Gasteiger partial charge in [0.15, 0.2) is 0 Å². The average molecular weight is 275 g/mol. The van der Waals surface area contributed by atoms with Gasteiger partial charge in [0.05, 0.1) is 17.8 Å². The van der Waals surface area contributed by atoms with Gasteiger partial charge in [0.1, 0.15) is 0 Å². The van der Waals surface area contributed by atoms with Crippen molar-refractivity contribution in [2.24, 2.45) is 11.7 Å². The van der Waals surface area contributed by atoms with Gasteiger partial charge in [-0.05, 0) is 36.8 Å². The van der Waals surface area contributed by atoms with Gasteiger partial charge in [0.25, 0.3) is 0 Å². The number of nitrogens with zero attached hydrogens (tertiary/aromatic N) is 1. The fourth-order valence-corrected chi connectivity index (χ4v) is 3.09. The smallest absolute Gasteiger partial charge is 0.240 e. The molecule has 0 bridgehead atoms. The predicted molar refractivity (Wildman–Crippen MR) is 80.0 cm³/mol. The summed E-state index contributed by atoms with van der Waals surface area (Å²) < 4.78 is 0. The monoisotopic (exact) mass is 275 g/mol. The zero-order chi connectivity index (χ0) is 14.6. The molecule has 0 saturated heterocycles. The first kappa shape index (κ1) is 15.0. The molecule has 1 aromatic heterocycles. The van der Waals surface area contributed by atoms with Crippen LogP contribution in [0.4, 0.5) is 0 Å². The van der Waals surface area contributed by atoms with E-state index in [1.54, 1.807) is 6.20 Å². The van der Waals surface area contributed by atoms with Crippen LogP contribution in [0.15, 0.2) is 18.3 Å². The normalized spacial score (nSPS) is 26.2. The Kier molecular flexibility index (Phi) is 4.76. The van der Waals surface area contributed by atoms with Crippen molar-refractivity contribution in [2.75, 3.05) is 0 Å². The van der Waals surface area contributed by atoms with Crippen LogP contribution in [0.1, 0.15) is 50.8 Å². The molecule has 2 atom stereocenters. The van der Waals surface area contributed by atoms with Gasteiger partial charge in [-0.15, -0.1) is 0 Å². The molecule has 0 radical (unpaired) electrons. The van der Waals surface area contributed by atoms with Gasteiger partial charge in [0.2, 0.25) is 5.91 Å². The molecule has 3 N–H and O–H groups in total. The number of aryl methyl sites for hydroxylation is 1. The van der Waals surface area contributed by atoms with Gasteiger partial charge in [-0.2, -0.15) is 0 Å². The molecule has 1 amide bonds. The molecule has 4 nitrogen and oxygen atoms in total. The highest BCUT2D eigenvalue weighted by Gasteiger charge is 2.37. The lowest BCUT2D eigenvalue weighted by Gasteiger charge is -2.35. The summed E-state index contributed by atoms with van der Waals surface area (Å²) in [6.45, 7) is 4.73. The van der Waals surface area contributed by atoms with Crippen LogP contribution in [0.2, 0.25) is 0 Å². The third-order valence-corrected chi connectivity index (χ3v) is 4.27. The number of aromatic nitrogens is 1. The van der Waals surface area contributed by atoms with Crippen molar-refractivity contribution in [1.29, 1.82) is 0 Å². The first-order chi connectivity index (χ1) is 9.55. The van der Waals surface area contributed by atoms with Crippen LogP contribution < -0.4 is 11.1 Å². The topological polar surface area (TPSA) is 68.0 Å². The Hall–Kier alpha value is -1.42. The molecule has 110 valence electrons. The Bertz CT molecular complexity index is 475. The second-order valence-electron chi connectivity index (χ2n) is 6.00. The van der Waals surface area contributed by atoms with E-state index in [-0.39, 0.29) is 5.91 Å². The van der Waals surface area contributed by atoms with E-state index in [1.165, 1.54) is 12.0 Å². The second-order valence-corrected chi connectivity index (χ2v) is 6.00. The summed E-state index contributed by atoms with van der Waals surface area (Å²) in [6.07, 6.45) is 6.46. The van der Waals surface area contributed by atoms with E-state index in [0.29, 0.717) is 12.5 Å². The van der Waals surface area contributed by atoms with Gasteiger partial charge < -0.3 is 11.1 Å². The van der Waals surface area contributed by atoms with E-state index >= 15 is 0 Å². The van der Waals surface area contributed by atoms with Gasteiger partial charge in [-0.1, -0.05) is 32.8 Å². The molecule has 2 unspecified atom stereocenters. The third kappa shape index (κ3) is 3.37. The molecule has 0 aromatic carbocycles. The van der Waals surface area contributed by atoms with Crippen molar-refractivity contribution in [2.45, 2.75) is 58.0 Å². The van der Waals surface area contributed by atoms with Crippen molar-refractivity contribution in [3.8, 4) is 0 Å². The van der Waals surface area contributed by atoms with Gasteiger partial charge in [-0.3, -0.25) is 9.78 Å². The average Bonchev–Trinajstić information content (AvgIpc) is 2.44. The van der Waals surface area contributed by atoms with Gasteiger partial charge in [-0.25, -0.2) is 0 Å². The van der Waals surface area contributed by atoms with Crippen LogP contribution in [0.25, 0.3) is 0 Å². The molecule has 1 fully saturated rings. The molecule has 1 aromatic rings. The molecule has 2 rings (SSSR count). The summed E-state index contributed by atoms with van der Waals surface area (Å²) in [5, 5.41) is 2.98. The lowest BCUT2D eigenvalue weighted by atomic mass is 9.76. The van der Waals surface area contributed by atoms with Crippen LogP contribution in [0, 0.1) is 5.92 Å². The fraction of sp³-hybridized carbons (Fsp3) is 0.625. The molecular formula is C16H25N3O. The van der Waals surface area contributed by atoms with Crippen molar-refractivity contribution >= 4 is 5.91 Å². The minimum atomic E-state index is -0.696. The number of rotatable bonds is 4. The fourth-order valence-electron chi connectivity index (χ4n) is 3.09. The van der Waals surface area contributed by atoms with Crippen LogP contribution >= 0.6 is 0 Å². The van der Waals surface area contributed by atoms with Crippen molar-refractivity contribution in [3.05, 3.63) is 29.6 Å². The first-order valence-corrected chi connectivity index (χ1v) is 7.55. The molecule has 0 spiro atoms. The van der Waals surface area contributed by atoms with Gasteiger partial charge >= 0.3 is 0 Å². The number of pyridine rings is 1. The Morgan fingerprint density at radius 2 is 2.40 bits per heavy atom. The molecule has 0 aliphatic heterocycles. The number of nitrogens with two attached hydrogens (primary N) is 1. The molecule has 4 heteroatoms. The zero-order valence-electron chi connectivity index (χ0n) is 12.5. The highest BCUT2D eigenvalue weighted by atomic mass is 16.2. The lowest BCUT2D eigenvalue weighted by molar-refractivity contribution is -0.128. The van der Waals surface area contributed by atoms with E-state index < -0.39 is 5.54 Å². The van der Waals surface area contributed by atoms with E-state index in [4.69, 9.17) is 5.73 Å².